The van der Waals surface area contributed by atoms with E-state index < -0.39 is 0 Å². The highest BCUT2D eigenvalue weighted by Crippen LogP contribution is 2.36. The third-order valence-electron chi connectivity index (χ3n) is 3.13. The second-order valence-corrected chi connectivity index (χ2v) is 6.80. The maximum absolute atomic E-state index is 8.95. The molecule has 0 aliphatic carbocycles. The van der Waals surface area contributed by atoms with Gasteiger partial charge in [-0.3, -0.25) is 0 Å². The fourth-order valence-corrected chi connectivity index (χ4v) is 3.38. The Morgan fingerprint density at radius 1 is 1.30 bits per heavy atom. The van der Waals surface area contributed by atoms with E-state index in [0.29, 0.717) is 20.8 Å². The molecular formula is C14H10Cl2N6S. The van der Waals surface area contributed by atoms with Crippen LogP contribution < -0.4 is 5.73 Å². The Balaban J connectivity index is 1.94. The lowest BCUT2D eigenvalue weighted by Crippen LogP contribution is -2.00. The molecule has 6 nitrogen and oxygen atoms in total. The normalized spacial score (nSPS) is 12.3. The zero-order valence-electron chi connectivity index (χ0n) is 11.8. The lowest BCUT2D eigenvalue weighted by molar-refractivity contribution is 0.937. The summed E-state index contributed by atoms with van der Waals surface area (Å²) < 4.78 is 0. The summed E-state index contributed by atoms with van der Waals surface area (Å²) in [6.45, 7) is 1.94. The number of rotatable bonds is 3. The molecule has 0 radical (unpaired) electrons. The number of nitrogens with zero attached hydrogens (tertiary/aromatic N) is 4. The molecule has 116 valence electrons. The zero-order chi connectivity index (χ0) is 16.6. The molecule has 0 aliphatic rings. The summed E-state index contributed by atoms with van der Waals surface area (Å²) in [6.07, 6.45) is 1.67. The van der Waals surface area contributed by atoms with E-state index in [1.165, 1.54) is 17.8 Å². The van der Waals surface area contributed by atoms with E-state index in [-0.39, 0.29) is 16.8 Å². The topological polar surface area (TPSA) is 104 Å². The van der Waals surface area contributed by atoms with Crippen LogP contribution in [0.3, 0.4) is 0 Å². The van der Waals surface area contributed by atoms with Crippen molar-refractivity contribution in [3.8, 4) is 6.07 Å². The van der Waals surface area contributed by atoms with E-state index in [2.05, 4.69) is 19.9 Å². The first kappa shape index (κ1) is 15.9. The van der Waals surface area contributed by atoms with Crippen LogP contribution in [0, 0.1) is 11.3 Å². The maximum Gasteiger partial charge on any atom is 0.191 e. The van der Waals surface area contributed by atoms with Gasteiger partial charge in [0, 0.05) is 17.6 Å². The highest BCUT2D eigenvalue weighted by molar-refractivity contribution is 7.99. The predicted octanol–water partition coefficient (Wildman–Crippen LogP) is 3.97. The number of nitrogens with two attached hydrogens (primary N) is 1. The Morgan fingerprint density at radius 2 is 2.09 bits per heavy atom. The molecule has 3 N–H and O–H groups in total. The number of nitrogen functional groups attached to an aromatic ring is 1. The van der Waals surface area contributed by atoms with Crippen molar-refractivity contribution in [2.24, 2.45) is 0 Å². The summed E-state index contributed by atoms with van der Waals surface area (Å²) in [5.41, 5.74) is 7.34. The van der Waals surface area contributed by atoms with Gasteiger partial charge in [0.1, 0.15) is 17.6 Å². The molecule has 3 heterocycles. The zero-order valence-corrected chi connectivity index (χ0v) is 14.2. The fraction of sp³-hybridized carbons (Fsp3) is 0.143. The summed E-state index contributed by atoms with van der Waals surface area (Å²) in [5.74, 6) is 0.251. The summed E-state index contributed by atoms with van der Waals surface area (Å²) >= 11 is 13.7. The second kappa shape index (κ2) is 6.24. The van der Waals surface area contributed by atoms with Crippen molar-refractivity contribution >= 4 is 51.7 Å². The largest absolute Gasteiger partial charge is 0.384 e. The van der Waals surface area contributed by atoms with E-state index in [1.54, 1.807) is 6.20 Å². The first-order valence-corrected chi connectivity index (χ1v) is 8.16. The van der Waals surface area contributed by atoms with Crippen LogP contribution in [0.15, 0.2) is 23.5 Å². The monoisotopic (exact) mass is 364 g/mol. The standard InChI is InChI=1S/C14H10Cl2N6S/c1-6(23-14-20-7(4-17)2-11(18)22-14)10-3-8-9(15)5-19-12(8)13(16)21-10/h2-3,5-6,19H,1H3,(H2,18,20,22). The van der Waals surface area contributed by atoms with E-state index in [1.807, 2.05) is 19.1 Å². The third kappa shape index (κ3) is 3.20. The van der Waals surface area contributed by atoms with Gasteiger partial charge in [-0.25, -0.2) is 15.0 Å². The van der Waals surface area contributed by atoms with Crippen molar-refractivity contribution in [3.63, 3.8) is 0 Å². The minimum Gasteiger partial charge on any atom is -0.384 e. The highest BCUT2D eigenvalue weighted by atomic mass is 35.5. The van der Waals surface area contributed by atoms with Crippen molar-refractivity contribution in [3.05, 3.63) is 39.9 Å². The van der Waals surface area contributed by atoms with Gasteiger partial charge < -0.3 is 10.7 Å². The lowest BCUT2D eigenvalue weighted by Gasteiger charge is -2.11. The number of pyridine rings is 1. The smallest absolute Gasteiger partial charge is 0.191 e. The van der Waals surface area contributed by atoms with E-state index in [0.717, 1.165) is 11.1 Å². The quantitative estimate of drug-likeness (QED) is 0.413. The molecule has 0 bridgehead atoms. The summed E-state index contributed by atoms with van der Waals surface area (Å²) in [7, 11) is 0. The van der Waals surface area contributed by atoms with Crippen molar-refractivity contribution in [1.82, 2.24) is 19.9 Å². The predicted molar refractivity (Wildman–Crippen MR) is 91.5 cm³/mol. The number of hydrogen-bond acceptors (Lipinski definition) is 6. The number of thioether (sulfide) groups is 1. The molecule has 3 aromatic heterocycles. The first-order valence-electron chi connectivity index (χ1n) is 6.52. The molecule has 1 unspecified atom stereocenters. The number of aromatic nitrogens is 4. The molecule has 3 aromatic rings. The summed E-state index contributed by atoms with van der Waals surface area (Å²) in [4.78, 5) is 15.6. The van der Waals surface area contributed by atoms with E-state index in [4.69, 9.17) is 34.2 Å². The molecule has 0 aliphatic heterocycles. The second-order valence-electron chi connectivity index (χ2n) is 4.73. The average Bonchev–Trinajstić information content (AvgIpc) is 2.88. The molecule has 0 fully saturated rings. The van der Waals surface area contributed by atoms with Gasteiger partial charge in [-0.15, -0.1) is 0 Å². The lowest BCUT2D eigenvalue weighted by atomic mass is 10.2. The molecule has 9 heteroatoms. The van der Waals surface area contributed by atoms with Crippen LogP contribution in [0.25, 0.3) is 10.9 Å². The number of halogens is 2. The average molecular weight is 365 g/mol. The van der Waals surface area contributed by atoms with Crippen LogP contribution in [-0.4, -0.2) is 19.9 Å². The van der Waals surface area contributed by atoms with Crippen LogP contribution >= 0.6 is 35.0 Å². The van der Waals surface area contributed by atoms with Gasteiger partial charge in [0.05, 0.1) is 21.5 Å². The Hall–Kier alpha value is -2.01. The number of anilines is 1. The Bertz CT molecular complexity index is 933. The number of hydrogen-bond donors (Lipinski definition) is 2. The molecular weight excluding hydrogens is 355 g/mol. The van der Waals surface area contributed by atoms with E-state index in [9.17, 15) is 0 Å². The van der Waals surface area contributed by atoms with Gasteiger partial charge in [-0.1, -0.05) is 35.0 Å². The Morgan fingerprint density at radius 3 is 2.83 bits per heavy atom. The van der Waals surface area contributed by atoms with E-state index >= 15 is 0 Å². The SMILES string of the molecule is CC(Sc1nc(N)cc(C#N)n1)c1cc2c(Cl)c[nH]c2c(Cl)n1. The van der Waals surface area contributed by atoms with Gasteiger partial charge in [-0.2, -0.15) is 5.26 Å². The number of H-pyrrole nitrogens is 1. The molecule has 0 saturated carbocycles. The molecule has 23 heavy (non-hydrogen) atoms. The van der Waals surface area contributed by atoms with Gasteiger partial charge >= 0.3 is 0 Å². The third-order valence-corrected chi connectivity index (χ3v) is 4.71. The number of nitrogens with one attached hydrogen (secondary N) is 1. The van der Waals surface area contributed by atoms with Crippen molar-refractivity contribution in [2.45, 2.75) is 17.3 Å². The van der Waals surface area contributed by atoms with Crippen molar-refractivity contribution in [1.29, 1.82) is 5.26 Å². The van der Waals surface area contributed by atoms with Gasteiger partial charge in [-0.05, 0) is 13.0 Å². The summed E-state index contributed by atoms with van der Waals surface area (Å²) in [6, 6.07) is 5.25. The minimum absolute atomic E-state index is 0.101. The van der Waals surface area contributed by atoms with Crippen LogP contribution in [0.4, 0.5) is 5.82 Å². The number of nitriles is 1. The maximum atomic E-state index is 8.95. The van der Waals surface area contributed by atoms with Crippen LogP contribution in [-0.2, 0) is 0 Å². The number of aromatic amines is 1. The Labute approximate surface area is 146 Å². The summed E-state index contributed by atoms with van der Waals surface area (Å²) in [5, 5.41) is 11.0. The van der Waals surface area contributed by atoms with Crippen molar-refractivity contribution in [2.75, 3.05) is 5.73 Å². The van der Waals surface area contributed by atoms with Gasteiger partial charge in [0.2, 0.25) is 0 Å². The fourth-order valence-electron chi connectivity index (χ4n) is 2.05. The molecule has 0 spiro atoms. The van der Waals surface area contributed by atoms with Gasteiger partial charge in [0.15, 0.2) is 10.3 Å². The number of fused-ring (bicyclic) bond motifs is 1. The first-order chi connectivity index (χ1) is 11.0. The van der Waals surface area contributed by atoms with Crippen LogP contribution in [0.5, 0.6) is 0 Å². The van der Waals surface area contributed by atoms with Crippen LogP contribution in [0.1, 0.15) is 23.6 Å². The molecule has 0 aromatic carbocycles. The molecule has 1 atom stereocenters. The molecule has 0 amide bonds. The van der Waals surface area contributed by atoms with Crippen LogP contribution in [0.2, 0.25) is 10.2 Å². The minimum atomic E-state index is -0.101. The molecule has 3 rings (SSSR count). The highest BCUT2D eigenvalue weighted by Gasteiger charge is 2.16. The Kier molecular flexibility index (Phi) is 4.31. The van der Waals surface area contributed by atoms with Crippen molar-refractivity contribution < 1.29 is 0 Å². The molecule has 0 saturated heterocycles. The van der Waals surface area contributed by atoms with Gasteiger partial charge in [0.25, 0.3) is 0 Å².